The van der Waals surface area contributed by atoms with Crippen LogP contribution in [0.25, 0.3) is 0 Å². The SMILES string of the molecule is CCCCn1c(CCOc2cc(F)cc(F)c2Cl)ccc1C(=O)Nc1cc([C@H]2C[C@H]2C(=O)O)ccc1C(F)(F)F. The van der Waals surface area contributed by atoms with Gasteiger partial charge < -0.3 is 19.7 Å². The molecular formula is C28H26ClF5N2O4. The van der Waals surface area contributed by atoms with Gasteiger partial charge in [-0.15, -0.1) is 0 Å². The molecule has 1 saturated carbocycles. The molecule has 1 aromatic heterocycles. The minimum Gasteiger partial charge on any atom is -0.491 e. The van der Waals surface area contributed by atoms with Crippen LogP contribution < -0.4 is 10.1 Å². The molecule has 1 amide bonds. The fourth-order valence-corrected chi connectivity index (χ4v) is 4.74. The lowest BCUT2D eigenvalue weighted by Crippen LogP contribution is -2.21. The van der Waals surface area contributed by atoms with Crippen LogP contribution in [0.3, 0.4) is 0 Å². The molecule has 3 aromatic rings. The third-order valence-electron chi connectivity index (χ3n) is 6.75. The number of ether oxygens (including phenoxy) is 1. The minimum absolute atomic E-state index is 0.0355. The predicted octanol–water partition coefficient (Wildman–Crippen LogP) is 7.30. The molecule has 214 valence electrons. The van der Waals surface area contributed by atoms with Crippen molar-refractivity contribution in [3.63, 3.8) is 0 Å². The van der Waals surface area contributed by atoms with Crippen molar-refractivity contribution in [2.45, 2.75) is 51.2 Å². The fourth-order valence-electron chi connectivity index (χ4n) is 4.58. The van der Waals surface area contributed by atoms with Crippen molar-refractivity contribution in [3.8, 4) is 5.75 Å². The van der Waals surface area contributed by atoms with Crippen LogP contribution >= 0.6 is 11.6 Å². The summed E-state index contributed by atoms with van der Waals surface area (Å²) in [5.74, 6) is -4.89. The van der Waals surface area contributed by atoms with Crippen LogP contribution in [0, 0.1) is 17.6 Å². The van der Waals surface area contributed by atoms with Crippen molar-refractivity contribution in [2.75, 3.05) is 11.9 Å². The predicted molar refractivity (Wildman–Crippen MR) is 138 cm³/mol. The van der Waals surface area contributed by atoms with E-state index in [-0.39, 0.29) is 29.5 Å². The average Bonchev–Trinajstić information content (AvgIpc) is 3.59. The Morgan fingerprint density at radius 1 is 1.15 bits per heavy atom. The molecule has 40 heavy (non-hydrogen) atoms. The van der Waals surface area contributed by atoms with Gasteiger partial charge in [0.1, 0.15) is 28.1 Å². The number of carbonyl (C=O) groups is 2. The van der Waals surface area contributed by atoms with Crippen molar-refractivity contribution in [3.05, 3.63) is 81.6 Å². The molecule has 12 heteroatoms. The fraction of sp³-hybridized carbons (Fsp3) is 0.357. The molecule has 1 aliphatic rings. The number of carboxylic acids is 1. The molecule has 0 radical (unpaired) electrons. The van der Waals surface area contributed by atoms with Gasteiger partial charge in [0.05, 0.1) is 23.8 Å². The molecule has 4 rings (SSSR count). The Labute approximate surface area is 231 Å². The summed E-state index contributed by atoms with van der Waals surface area (Å²) < 4.78 is 75.6. The van der Waals surface area contributed by atoms with Crippen LogP contribution in [-0.4, -0.2) is 28.2 Å². The van der Waals surface area contributed by atoms with Crippen molar-refractivity contribution >= 4 is 29.2 Å². The first-order valence-corrected chi connectivity index (χ1v) is 13.0. The topological polar surface area (TPSA) is 80.6 Å². The number of aromatic nitrogens is 1. The van der Waals surface area contributed by atoms with E-state index in [2.05, 4.69) is 5.32 Å². The highest BCUT2D eigenvalue weighted by Crippen LogP contribution is 2.49. The van der Waals surface area contributed by atoms with E-state index in [9.17, 15) is 36.6 Å². The Balaban J connectivity index is 1.55. The molecule has 2 atom stereocenters. The number of alkyl halides is 3. The molecule has 6 nitrogen and oxygen atoms in total. The Kier molecular flexibility index (Phi) is 8.72. The summed E-state index contributed by atoms with van der Waals surface area (Å²) in [6, 6.07) is 7.97. The molecule has 0 unspecified atom stereocenters. The van der Waals surface area contributed by atoms with Crippen LogP contribution in [0.15, 0.2) is 42.5 Å². The zero-order valence-electron chi connectivity index (χ0n) is 21.3. The van der Waals surface area contributed by atoms with E-state index >= 15 is 0 Å². The van der Waals surface area contributed by atoms with Crippen LogP contribution in [0.2, 0.25) is 5.02 Å². The van der Waals surface area contributed by atoms with Crippen molar-refractivity contribution in [1.82, 2.24) is 4.57 Å². The summed E-state index contributed by atoms with van der Waals surface area (Å²) in [5.41, 5.74) is -0.355. The number of hydrogen-bond acceptors (Lipinski definition) is 3. The maximum absolute atomic E-state index is 13.7. The quantitative estimate of drug-likeness (QED) is 0.183. The second kappa shape index (κ2) is 11.9. The van der Waals surface area contributed by atoms with Crippen LogP contribution in [0.5, 0.6) is 5.75 Å². The highest BCUT2D eigenvalue weighted by atomic mass is 35.5. The lowest BCUT2D eigenvalue weighted by Gasteiger charge is -2.17. The summed E-state index contributed by atoms with van der Waals surface area (Å²) in [5, 5.41) is 11.2. The Morgan fingerprint density at radius 3 is 2.55 bits per heavy atom. The van der Waals surface area contributed by atoms with Gasteiger partial charge in [-0.3, -0.25) is 9.59 Å². The van der Waals surface area contributed by atoms with E-state index in [0.717, 1.165) is 18.6 Å². The molecule has 2 aromatic carbocycles. The number of benzene rings is 2. The number of nitrogens with one attached hydrogen (secondary N) is 1. The van der Waals surface area contributed by atoms with Crippen molar-refractivity contribution < 1.29 is 41.4 Å². The summed E-state index contributed by atoms with van der Waals surface area (Å²) in [6.45, 7) is 2.30. The van der Waals surface area contributed by atoms with Gasteiger partial charge in [0, 0.05) is 30.8 Å². The smallest absolute Gasteiger partial charge is 0.418 e. The third-order valence-corrected chi connectivity index (χ3v) is 7.11. The number of carboxylic acid groups (broad SMARTS) is 1. The first-order valence-electron chi connectivity index (χ1n) is 12.6. The summed E-state index contributed by atoms with van der Waals surface area (Å²) >= 11 is 5.84. The second-order valence-electron chi connectivity index (χ2n) is 9.56. The van der Waals surface area contributed by atoms with Gasteiger partial charge >= 0.3 is 12.1 Å². The number of anilines is 1. The van der Waals surface area contributed by atoms with E-state index in [1.54, 1.807) is 10.6 Å². The van der Waals surface area contributed by atoms with Gasteiger partial charge in [-0.1, -0.05) is 31.0 Å². The number of rotatable bonds is 11. The lowest BCUT2D eigenvalue weighted by atomic mass is 10.0. The largest absolute Gasteiger partial charge is 0.491 e. The highest BCUT2D eigenvalue weighted by molar-refractivity contribution is 6.32. The number of unbranched alkanes of at least 4 members (excludes halogenated alkanes) is 1. The molecule has 1 fully saturated rings. The van der Waals surface area contributed by atoms with E-state index in [1.807, 2.05) is 6.92 Å². The molecule has 0 saturated heterocycles. The molecule has 2 N–H and O–H groups in total. The van der Waals surface area contributed by atoms with Crippen LogP contribution in [-0.2, 0) is 23.9 Å². The number of hydrogen-bond donors (Lipinski definition) is 2. The molecule has 1 aliphatic carbocycles. The standard InChI is InChI=1S/C28H26ClF5N2O4/c1-2-3-9-36-17(8-10-40-24-13-16(30)12-21(31)25(24)29)5-7-23(36)26(37)35-22-11-15(18-14-19(18)27(38)39)4-6-20(22)28(32,33)34/h4-7,11-13,18-19H,2-3,8-10,14H2,1H3,(H,35,37)(H,38,39)/t18-,19-/m1/s1. The Morgan fingerprint density at radius 2 is 1.90 bits per heavy atom. The summed E-state index contributed by atoms with van der Waals surface area (Å²) in [7, 11) is 0. The number of amides is 1. The molecule has 0 spiro atoms. The van der Waals surface area contributed by atoms with Crippen LogP contribution in [0.1, 0.15) is 59.4 Å². The first kappa shape index (κ1) is 29.4. The van der Waals surface area contributed by atoms with Gasteiger partial charge in [0.2, 0.25) is 0 Å². The van der Waals surface area contributed by atoms with Gasteiger partial charge in [0.15, 0.2) is 0 Å². The normalized spacial score (nSPS) is 16.6. The Bertz CT molecular complexity index is 1420. The number of nitrogens with zero attached hydrogens (tertiary/aromatic N) is 1. The molecule has 1 heterocycles. The third kappa shape index (κ3) is 6.57. The monoisotopic (exact) mass is 584 g/mol. The zero-order chi connectivity index (χ0) is 29.2. The van der Waals surface area contributed by atoms with E-state index < -0.39 is 52.8 Å². The summed E-state index contributed by atoms with van der Waals surface area (Å²) in [4.78, 5) is 24.5. The maximum Gasteiger partial charge on any atom is 0.418 e. The molecule has 0 bridgehead atoms. The van der Waals surface area contributed by atoms with E-state index in [0.29, 0.717) is 36.7 Å². The van der Waals surface area contributed by atoms with Crippen LogP contribution in [0.4, 0.5) is 27.6 Å². The Hall–Kier alpha value is -3.60. The van der Waals surface area contributed by atoms with Gasteiger partial charge in [-0.25, -0.2) is 8.78 Å². The second-order valence-corrected chi connectivity index (χ2v) is 9.94. The van der Waals surface area contributed by atoms with Crippen molar-refractivity contribution in [1.29, 1.82) is 0 Å². The van der Waals surface area contributed by atoms with E-state index in [1.165, 1.54) is 18.2 Å². The minimum atomic E-state index is -4.75. The van der Waals surface area contributed by atoms with Crippen molar-refractivity contribution in [2.24, 2.45) is 5.92 Å². The highest BCUT2D eigenvalue weighted by Gasteiger charge is 2.45. The maximum atomic E-state index is 13.7. The zero-order valence-corrected chi connectivity index (χ0v) is 22.1. The number of aliphatic carboxylic acids is 1. The van der Waals surface area contributed by atoms with Gasteiger partial charge in [-0.05, 0) is 48.6 Å². The van der Waals surface area contributed by atoms with E-state index in [4.69, 9.17) is 16.3 Å². The molecular weight excluding hydrogens is 559 g/mol. The average molecular weight is 585 g/mol. The lowest BCUT2D eigenvalue weighted by molar-refractivity contribution is -0.139. The number of halogens is 6. The summed E-state index contributed by atoms with van der Waals surface area (Å²) in [6.07, 6.45) is -2.77. The molecule has 0 aliphatic heterocycles. The van der Waals surface area contributed by atoms with Gasteiger partial charge in [0.25, 0.3) is 5.91 Å². The van der Waals surface area contributed by atoms with Gasteiger partial charge in [-0.2, -0.15) is 13.2 Å². The number of carbonyl (C=O) groups excluding carboxylic acids is 1. The first-order chi connectivity index (χ1) is 18.9.